The lowest BCUT2D eigenvalue weighted by atomic mass is 10.1. The Morgan fingerprint density at radius 3 is 2.34 bits per heavy atom. The zero-order valence-corrected chi connectivity index (χ0v) is 19.7. The fourth-order valence-electron chi connectivity index (χ4n) is 4.90. The number of hydrogen-bond acceptors (Lipinski definition) is 2. The third-order valence-corrected chi connectivity index (χ3v) is 6.76. The first kappa shape index (κ1) is 22.6. The predicted molar refractivity (Wildman–Crippen MR) is 133 cm³/mol. The average molecular weight is 432 g/mol. The van der Waals surface area contributed by atoms with E-state index in [-0.39, 0.29) is 11.8 Å². The van der Waals surface area contributed by atoms with Crippen molar-refractivity contribution in [3.05, 3.63) is 59.9 Å². The monoisotopic (exact) mass is 431 g/mol. The third kappa shape index (κ3) is 5.23. The summed E-state index contributed by atoms with van der Waals surface area (Å²) in [6, 6.07) is 16.7. The van der Waals surface area contributed by atoms with E-state index in [0.717, 1.165) is 23.6 Å². The molecule has 0 bridgehead atoms. The van der Waals surface area contributed by atoms with Crippen LogP contribution in [0.4, 0.5) is 5.69 Å². The average Bonchev–Trinajstić information content (AvgIpc) is 3.37. The maximum atomic E-state index is 12.9. The van der Waals surface area contributed by atoms with E-state index in [2.05, 4.69) is 66.9 Å². The molecule has 1 fully saturated rings. The highest BCUT2D eigenvalue weighted by molar-refractivity contribution is 5.96. The zero-order valence-electron chi connectivity index (χ0n) is 19.7. The van der Waals surface area contributed by atoms with Gasteiger partial charge in [0, 0.05) is 31.1 Å². The Balaban J connectivity index is 1.44. The quantitative estimate of drug-likeness (QED) is 0.306. The first-order valence-corrected chi connectivity index (χ1v) is 12.5. The molecule has 1 aliphatic heterocycles. The van der Waals surface area contributed by atoms with Crippen LogP contribution in [0.1, 0.15) is 82.0 Å². The van der Waals surface area contributed by atoms with Crippen molar-refractivity contribution in [1.82, 2.24) is 9.55 Å². The van der Waals surface area contributed by atoms with Gasteiger partial charge >= 0.3 is 0 Å². The second-order valence-corrected chi connectivity index (χ2v) is 9.33. The summed E-state index contributed by atoms with van der Waals surface area (Å²) >= 11 is 0. The lowest BCUT2D eigenvalue weighted by Crippen LogP contribution is -2.24. The number of fused-ring (bicyclic) bond motifs is 1. The van der Waals surface area contributed by atoms with Gasteiger partial charge in [-0.2, -0.15) is 0 Å². The van der Waals surface area contributed by atoms with Gasteiger partial charge in [0.2, 0.25) is 5.91 Å². The number of carbonyl (C=O) groups is 1. The van der Waals surface area contributed by atoms with Crippen LogP contribution in [0.25, 0.3) is 11.0 Å². The Morgan fingerprint density at radius 1 is 0.906 bits per heavy atom. The van der Waals surface area contributed by atoms with Crippen molar-refractivity contribution in [3.63, 3.8) is 0 Å². The molecule has 32 heavy (non-hydrogen) atoms. The highest BCUT2D eigenvalue weighted by Gasteiger charge is 2.34. The van der Waals surface area contributed by atoms with Crippen molar-refractivity contribution in [1.29, 1.82) is 0 Å². The van der Waals surface area contributed by atoms with E-state index in [9.17, 15) is 4.79 Å². The summed E-state index contributed by atoms with van der Waals surface area (Å²) in [5.74, 6) is 1.42. The molecule has 170 valence electrons. The van der Waals surface area contributed by atoms with Crippen LogP contribution in [0, 0.1) is 6.92 Å². The van der Waals surface area contributed by atoms with E-state index in [1.165, 1.54) is 62.4 Å². The molecule has 4 nitrogen and oxygen atoms in total. The molecule has 1 aliphatic rings. The number of carbonyl (C=O) groups excluding carboxylic acids is 1. The number of aryl methyl sites for hydroxylation is 2. The molecule has 0 N–H and O–H groups in total. The number of para-hydroxylation sites is 2. The Bertz CT molecular complexity index is 1020. The van der Waals surface area contributed by atoms with Gasteiger partial charge in [-0.05, 0) is 37.6 Å². The van der Waals surface area contributed by atoms with Crippen molar-refractivity contribution in [2.75, 3.05) is 11.4 Å². The van der Waals surface area contributed by atoms with Gasteiger partial charge in [-0.25, -0.2) is 4.98 Å². The van der Waals surface area contributed by atoms with Crippen molar-refractivity contribution in [2.45, 2.75) is 84.1 Å². The second-order valence-electron chi connectivity index (χ2n) is 9.33. The SMILES string of the molecule is CCCCCCCCCCn1c([C@H]2CC(=O)N(c3ccc(C)cc3)C2)nc2ccccc21. The van der Waals surface area contributed by atoms with Crippen LogP contribution in [-0.4, -0.2) is 22.0 Å². The summed E-state index contributed by atoms with van der Waals surface area (Å²) in [7, 11) is 0. The number of nitrogens with zero attached hydrogens (tertiary/aromatic N) is 3. The molecule has 1 amide bonds. The first-order chi connectivity index (χ1) is 15.7. The molecule has 1 saturated heterocycles. The Morgan fingerprint density at radius 2 is 1.59 bits per heavy atom. The Labute approximate surface area is 192 Å². The van der Waals surface area contributed by atoms with Gasteiger partial charge in [-0.1, -0.05) is 81.7 Å². The van der Waals surface area contributed by atoms with E-state index in [1.54, 1.807) is 0 Å². The molecule has 0 saturated carbocycles. The number of amides is 1. The molecule has 0 unspecified atom stereocenters. The van der Waals surface area contributed by atoms with Crippen molar-refractivity contribution < 1.29 is 4.79 Å². The molecule has 1 aromatic heterocycles. The molecule has 2 heterocycles. The number of rotatable bonds is 11. The third-order valence-electron chi connectivity index (χ3n) is 6.76. The van der Waals surface area contributed by atoms with Gasteiger partial charge in [0.15, 0.2) is 0 Å². The van der Waals surface area contributed by atoms with Crippen molar-refractivity contribution >= 4 is 22.6 Å². The van der Waals surface area contributed by atoms with Crippen LogP contribution >= 0.6 is 0 Å². The fraction of sp³-hybridized carbons (Fsp3) is 0.500. The zero-order chi connectivity index (χ0) is 22.3. The lowest BCUT2D eigenvalue weighted by Gasteiger charge is -2.17. The highest BCUT2D eigenvalue weighted by atomic mass is 16.2. The summed E-state index contributed by atoms with van der Waals surface area (Å²) in [6.45, 7) is 6.04. The minimum atomic E-state index is 0.144. The number of unbranched alkanes of at least 4 members (excludes halogenated alkanes) is 7. The molecule has 3 aromatic rings. The Hall–Kier alpha value is -2.62. The summed E-state index contributed by atoms with van der Waals surface area (Å²) in [5, 5.41) is 0. The predicted octanol–water partition coefficient (Wildman–Crippen LogP) is 7.01. The molecule has 0 radical (unpaired) electrons. The summed E-state index contributed by atoms with van der Waals surface area (Å²) in [5.41, 5.74) is 4.45. The molecule has 0 aliphatic carbocycles. The Kier molecular flexibility index (Phi) is 7.62. The normalized spacial score (nSPS) is 16.4. The summed E-state index contributed by atoms with van der Waals surface area (Å²) in [6.07, 6.45) is 11.0. The largest absolute Gasteiger partial charge is 0.328 e. The van der Waals surface area contributed by atoms with Crippen LogP contribution < -0.4 is 4.90 Å². The first-order valence-electron chi connectivity index (χ1n) is 12.5. The van der Waals surface area contributed by atoms with E-state index >= 15 is 0 Å². The molecule has 0 spiro atoms. The van der Waals surface area contributed by atoms with E-state index in [1.807, 2.05) is 4.90 Å². The lowest BCUT2D eigenvalue weighted by molar-refractivity contribution is -0.117. The van der Waals surface area contributed by atoms with Crippen molar-refractivity contribution in [2.24, 2.45) is 0 Å². The van der Waals surface area contributed by atoms with Gasteiger partial charge in [-0.3, -0.25) is 4.79 Å². The van der Waals surface area contributed by atoms with E-state index < -0.39 is 0 Å². The van der Waals surface area contributed by atoms with Crippen LogP contribution in [-0.2, 0) is 11.3 Å². The smallest absolute Gasteiger partial charge is 0.227 e. The number of aromatic nitrogens is 2. The number of benzene rings is 2. The second kappa shape index (κ2) is 10.8. The van der Waals surface area contributed by atoms with Crippen LogP contribution in [0.5, 0.6) is 0 Å². The summed E-state index contributed by atoms with van der Waals surface area (Å²) in [4.78, 5) is 19.8. The maximum absolute atomic E-state index is 12.9. The number of imidazole rings is 1. The van der Waals surface area contributed by atoms with Gasteiger partial charge in [-0.15, -0.1) is 0 Å². The standard InChI is InChI=1S/C28H37N3O/c1-3-4-5-6-7-8-9-12-19-30-26-14-11-10-13-25(26)29-28(30)23-20-27(32)31(21-23)24-17-15-22(2)16-18-24/h10-11,13-18,23H,3-9,12,19-21H2,1-2H3/t23-/m0/s1. The van der Waals surface area contributed by atoms with Crippen LogP contribution in [0.2, 0.25) is 0 Å². The molecule has 4 rings (SSSR count). The van der Waals surface area contributed by atoms with Crippen LogP contribution in [0.15, 0.2) is 48.5 Å². The minimum Gasteiger partial charge on any atom is -0.328 e. The van der Waals surface area contributed by atoms with Gasteiger partial charge < -0.3 is 9.47 Å². The molecular weight excluding hydrogens is 394 g/mol. The molecular formula is C28H37N3O. The molecule has 2 aromatic carbocycles. The number of hydrogen-bond donors (Lipinski definition) is 0. The maximum Gasteiger partial charge on any atom is 0.227 e. The van der Waals surface area contributed by atoms with Gasteiger partial charge in [0.05, 0.1) is 11.0 Å². The molecule has 1 atom stereocenters. The topological polar surface area (TPSA) is 38.1 Å². The van der Waals surface area contributed by atoms with Gasteiger partial charge in [0.1, 0.15) is 5.82 Å². The van der Waals surface area contributed by atoms with Crippen molar-refractivity contribution in [3.8, 4) is 0 Å². The molecule has 4 heteroatoms. The van der Waals surface area contributed by atoms with E-state index in [4.69, 9.17) is 4.98 Å². The highest BCUT2D eigenvalue weighted by Crippen LogP contribution is 2.33. The van der Waals surface area contributed by atoms with Crippen LogP contribution in [0.3, 0.4) is 0 Å². The number of anilines is 1. The van der Waals surface area contributed by atoms with E-state index in [0.29, 0.717) is 13.0 Å². The fourth-order valence-corrected chi connectivity index (χ4v) is 4.90. The van der Waals surface area contributed by atoms with Gasteiger partial charge in [0.25, 0.3) is 0 Å². The summed E-state index contributed by atoms with van der Waals surface area (Å²) < 4.78 is 2.39. The minimum absolute atomic E-state index is 0.144.